The van der Waals surface area contributed by atoms with E-state index in [1.54, 1.807) is 69.0 Å². The molecule has 8 aromatic heterocycles. The largest absolute Gasteiger partial charge is 0.492 e. The number of pyridine rings is 6. The Balaban J connectivity index is 0.000000165. The van der Waals surface area contributed by atoms with Crippen LogP contribution in [0.25, 0.3) is 33.3 Å². The van der Waals surface area contributed by atoms with Crippen molar-refractivity contribution in [3.8, 4) is 51.8 Å². The normalized spacial score (nSPS) is 18.0. The number of ether oxygens (including phenoxy) is 3. The van der Waals surface area contributed by atoms with Gasteiger partial charge < -0.3 is 38.4 Å². The zero-order valence-corrected chi connectivity index (χ0v) is 43.9. The summed E-state index contributed by atoms with van der Waals surface area (Å²) in [5.74, 6) is 3.60. The van der Waals surface area contributed by atoms with Gasteiger partial charge in [0.15, 0.2) is 0 Å². The van der Waals surface area contributed by atoms with Gasteiger partial charge in [0.1, 0.15) is 35.3 Å². The molecule has 14 rings (SSSR count). The number of hydrogen-bond donors (Lipinski definition) is 0. The average Bonchev–Trinajstić information content (AvgIpc) is 4.17. The lowest BCUT2D eigenvalue weighted by Gasteiger charge is -2.56. The molecule has 6 aliphatic heterocycles. The zero-order valence-electron chi connectivity index (χ0n) is 43.9. The first-order valence-corrected chi connectivity index (χ1v) is 26.6. The summed E-state index contributed by atoms with van der Waals surface area (Å²) in [7, 11) is 0. The van der Waals surface area contributed by atoms with Crippen molar-refractivity contribution in [3.63, 3.8) is 0 Å². The Morgan fingerprint density at radius 3 is 1.54 bits per heavy atom. The number of amides is 2. The SMILES string of the molecule is CCCOc1ccc(C(=O)N2C3CC2CN(c2ccc(-c4cc(OCC)cn5ncc(C#N)c45)cn2)C3)cn1.CCCn1cc(C(=O)N2C3CC2CN(c2ccc(-c4cc(OCC)cn5ncc(C#N)c45)cn2)C3)ccc1=O. The molecule has 4 unspecified atom stereocenters. The number of carbonyl (C=O) groups is 2. The third-order valence-electron chi connectivity index (χ3n) is 14.8. The van der Waals surface area contributed by atoms with E-state index in [1.807, 2.05) is 86.3 Å². The molecule has 0 aliphatic carbocycles. The van der Waals surface area contributed by atoms with Crippen LogP contribution in [0.5, 0.6) is 17.4 Å². The molecule has 0 radical (unpaired) electrons. The van der Waals surface area contributed by atoms with Crippen LogP contribution in [-0.4, -0.2) is 131 Å². The van der Waals surface area contributed by atoms with E-state index in [-0.39, 0.29) is 41.5 Å². The molecule has 0 aromatic carbocycles. The molecule has 14 heterocycles. The van der Waals surface area contributed by atoms with E-state index >= 15 is 0 Å². The summed E-state index contributed by atoms with van der Waals surface area (Å²) in [6, 6.07) is 23.5. The Labute approximate surface area is 450 Å². The number of piperazine rings is 2. The van der Waals surface area contributed by atoms with Gasteiger partial charge in [-0.25, -0.2) is 24.0 Å². The number of piperidine rings is 2. The summed E-state index contributed by atoms with van der Waals surface area (Å²) in [5, 5.41) is 27.8. The molecule has 0 saturated carbocycles. The van der Waals surface area contributed by atoms with E-state index in [2.05, 4.69) is 37.1 Å². The summed E-state index contributed by atoms with van der Waals surface area (Å²) in [5.41, 5.74) is 6.90. The second-order valence-electron chi connectivity index (χ2n) is 19.8. The van der Waals surface area contributed by atoms with Gasteiger partial charge in [-0.05, 0) is 88.1 Å². The van der Waals surface area contributed by atoms with Gasteiger partial charge in [0.25, 0.3) is 17.4 Å². The summed E-state index contributed by atoms with van der Waals surface area (Å²) in [6.45, 7) is 13.0. The van der Waals surface area contributed by atoms with Crippen molar-refractivity contribution >= 4 is 34.5 Å². The predicted molar refractivity (Wildman–Crippen MR) is 291 cm³/mol. The molecule has 78 heavy (non-hydrogen) atoms. The number of fused-ring (bicyclic) bond motifs is 6. The lowest BCUT2D eigenvalue weighted by atomic mass is 9.86. The van der Waals surface area contributed by atoms with Crippen LogP contribution in [0.2, 0.25) is 0 Å². The van der Waals surface area contributed by atoms with Crippen LogP contribution in [0.3, 0.4) is 0 Å². The van der Waals surface area contributed by atoms with Gasteiger partial charge >= 0.3 is 0 Å². The fraction of sp³-hybridized carbons (Fsp3) is 0.345. The molecular weight excluding hydrogens is 989 g/mol. The van der Waals surface area contributed by atoms with Crippen LogP contribution in [-0.2, 0) is 6.54 Å². The molecule has 6 saturated heterocycles. The minimum absolute atomic E-state index is 0.0149. The van der Waals surface area contributed by atoms with Gasteiger partial charge in [0, 0.05) is 91.9 Å². The molecule has 4 bridgehead atoms. The summed E-state index contributed by atoms with van der Waals surface area (Å²) in [6.07, 6.45) is 17.3. The molecule has 8 aromatic rings. The first-order valence-electron chi connectivity index (χ1n) is 26.6. The Morgan fingerprint density at radius 1 is 0.590 bits per heavy atom. The third-order valence-corrected chi connectivity index (χ3v) is 14.8. The van der Waals surface area contributed by atoms with Gasteiger partial charge in [0.05, 0.1) is 102 Å². The molecular formula is C58H58N14O6. The van der Waals surface area contributed by atoms with Crippen molar-refractivity contribution in [1.29, 1.82) is 10.5 Å². The number of rotatable bonds is 15. The summed E-state index contributed by atoms with van der Waals surface area (Å²) >= 11 is 0. The van der Waals surface area contributed by atoms with Crippen molar-refractivity contribution in [2.75, 3.05) is 55.8 Å². The Hall–Kier alpha value is -9.30. The van der Waals surface area contributed by atoms with Crippen LogP contribution in [0.4, 0.5) is 11.6 Å². The first-order chi connectivity index (χ1) is 38.1. The van der Waals surface area contributed by atoms with Crippen molar-refractivity contribution in [2.45, 2.75) is 84.1 Å². The van der Waals surface area contributed by atoms with Crippen LogP contribution < -0.4 is 29.6 Å². The van der Waals surface area contributed by atoms with E-state index in [0.717, 1.165) is 78.2 Å². The van der Waals surface area contributed by atoms with E-state index in [9.17, 15) is 24.9 Å². The highest BCUT2D eigenvalue weighted by Gasteiger charge is 2.49. The Kier molecular flexibility index (Phi) is 14.2. The standard InChI is InChI=1S/2C29H29N7O3/c1-3-9-33-15-20(6-8-27(33)37)29(38)36-22-10-23(36)17-34(16-22)26-7-5-19(13-31-26)25-11-24(39-4-2)18-35-28(25)21(12-30)14-32-35;1-3-9-39-27-8-6-20(14-32-27)29(37)36-22-10-23(36)17-34(16-22)26-7-5-19(13-31-26)25-11-24(38-4-2)18-35-28(25)21(12-30)15-33-35/h2*5-8,11,13-15,18,22-23H,3-4,9-10,16-17H2,1-2H3. The number of carbonyl (C=O) groups excluding carboxylic acids is 2. The van der Waals surface area contributed by atoms with Crippen LogP contribution in [0.1, 0.15) is 85.2 Å². The molecule has 2 amide bonds. The number of nitrogens with zero attached hydrogens (tertiary/aromatic N) is 14. The van der Waals surface area contributed by atoms with Crippen molar-refractivity contribution in [3.05, 3.63) is 143 Å². The molecule has 6 fully saturated rings. The number of hydrogen-bond acceptors (Lipinski definition) is 15. The predicted octanol–water partition coefficient (Wildman–Crippen LogP) is 7.30. The van der Waals surface area contributed by atoms with Gasteiger partial charge in [-0.1, -0.05) is 13.8 Å². The molecule has 20 heteroatoms. The maximum Gasteiger partial charge on any atom is 0.256 e. The summed E-state index contributed by atoms with van der Waals surface area (Å²) in [4.78, 5) is 60.8. The molecule has 20 nitrogen and oxygen atoms in total. The molecule has 0 spiro atoms. The van der Waals surface area contributed by atoms with E-state index in [4.69, 9.17) is 24.2 Å². The van der Waals surface area contributed by atoms with Gasteiger partial charge in [-0.2, -0.15) is 20.7 Å². The van der Waals surface area contributed by atoms with Gasteiger partial charge in [-0.15, -0.1) is 0 Å². The fourth-order valence-electron chi connectivity index (χ4n) is 11.2. The Morgan fingerprint density at radius 2 is 1.10 bits per heavy atom. The topological polar surface area (TPSA) is 218 Å². The highest BCUT2D eigenvalue weighted by molar-refractivity contribution is 5.96. The van der Waals surface area contributed by atoms with Gasteiger partial charge in [0.2, 0.25) is 5.88 Å². The lowest BCUT2D eigenvalue weighted by Crippen LogP contribution is -2.70. The number of nitriles is 2. The maximum absolute atomic E-state index is 13.3. The first kappa shape index (κ1) is 50.8. The maximum atomic E-state index is 13.3. The van der Waals surface area contributed by atoms with Gasteiger partial charge in [-0.3, -0.25) is 14.4 Å². The molecule has 4 atom stereocenters. The van der Waals surface area contributed by atoms with Crippen molar-refractivity contribution in [2.24, 2.45) is 0 Å². The quantitative estimate of drug-likeness (QED) is 0.0984. The molecule has 0 N–H and O–H groups in total. The second-order valence-corrected chi connectivity index (χ2v) is 19.8. The van der Waals surface area contributed by atoms with Crippen LogP contribution in [0.15, 0.2) is 115 Å². The van der Waals surface area contributed by atoms with Crippen molar-refractivity contribution in [1.82, 2.24) is 48.5 Å². The number of aromatic nitrogens is 8. The van der Waals surface area contributed by atoms with E-state index < -0.39 is 0 Å². The summed E-state index contributed by atoms with van der Waals surface area (Å²) < 4.78 is 21.9. The minimum atomic E-state index is -0.0830. The Bertz CT molecular complexity index is 3650. The van der Waals surface area contributed by atoms with E-state index in [0.29, 0.717) is 84.6 Å². The van der Waals surface area contributed by atoms with Crippen LogP contribution in [0, 0.1) is 22.7 Å². The molecule has 396 valence electrons. The minimum Gasteiger partial charge on any atom is -0.492 e. The number of aryl methyl sites for hydroxylation is 1. The van der Waals surface area contributed by atoms with Crippen molar-refractivity contribution < 1.29 is 23.8 Å². The fourth-order valence-corrected chi connectivity index (χ4v) is 11.2. The lowest BCUT2D eigenvalue weighted by molar-refractivity contribution is 0.00512. The van der Waals surface area contributed by atoms with E-state index in [1.165, 1.54) is 6.07 Å². The highest BCUT2D eigenvalue weighted by atomic mass is 16.5. The zero-order chi connectivity index (χ0) is 54.0. The van der Waals surface area contributed by atoms with Crippen LogP contribution >= 0.6 is 0 Å². The second kappa shape index (κ2) is 21.7. The average molecular weight is 1050 g/mol. The smallest absolute Gasteiger partial charge is 0.256 e. The number of anilines is 2. The third kappa shape index (κ3) is 9.65. The highest BCUT2D eigenvalue weighted by Crippen LogP contribution is 2.39. The monoisotopic (exact) mass is 1050 g/mol. The molecule has 6 aliphatic rings.